The molecule has 18 heavy (non-hydrogen) atoms. The molecule has 0 bridgehead atoms. The largest absolute Gasteiger partial charge is 0.288 e. The fourth-order valence-electron chi connectivity index (χ4n) is 1.57. The molecule has 0 saturated carbocycles. The highest BCUT2D eigenvalue weighted by atomic mass is 79.9. The molecule has 2 rings (SSSR count). The quantitative estimate of drug-likeness (QED) is 0.647. The first-order chi connectivity index (χ1) is 8.40. The zero-order valence-electron chi connectivity index (χ0n) is 9.06. The molecule has 6 heteroatoms. The van der Waals surface area contributed by atoms with Gasteiger partial charge in [0.2, 0.25) is 0 Å². The van der Waals surface area contributed by atoms with Crippen LogP contribution in [-0.4, -0.2) is 5.78 Å². The molecule has 0 aliphatic heterocycles. The summed E-state index contributed by atoms with van der Waals surface area (Å²) < 4.78 is 28.4. The van der Waals surface area contributed by atoms with Crippen molar-refractivity contribution < 1.29 is 13.6 Å². The first-order valence-corrected chi connectivity index (χ1v) is 7.25. The zero-order valence-corrected chi connectivity index (χ0v) is 13.0. The summed E-state index contributed by atoms with van der Waals surface area (Å²) in [6.07, 6.45) is 0. The maximum atomic E-state index is 13.7. The molecular weight excluding hydrogens is 390 g/mol. The molecule has 1 aromatic heterocycles. The van der Waals surface area contributed by atoms with Crippen LogP contribution in [0.2, 0.25) is 0 Å². The molecule has 1 heterocycles. The number of carbonyl (C=O) groups is 1. The van der Waals surface area contributed by atoms with Crippen LogP contribution in [-0.2, 0) is 0 Å². The average molecular weight is 396 g/mol. The summed E-state index contributed by atoms with van der Waals surface area (Å²) in [5.74, 6) is -2.38. The van der Waals surface area contributed by atoms with Gasteiger partial charge in [-0.2, -0.15) is 0 Å². The Morgan fingerprint density at radius 3 is 2.17 bits per heavy atom. The molecule has 1 aromatic carbocycles. The Labute approximate surface area is 123 Å². The highest BCUT2D eigenvalue weighted by Crippen LogP contribution is 2.30. The highest BCUT2D eigenvalue weighted by Gasteiger charge is 2.22. The number of hydrogen-bond donors (Lipinski definition) is 0. The molecule has 0 unspecified atom stereocenters. The summed E-state index contributed by atoms with van der Waals surface area (Å²) in [6, 6.07) is 3.73. The monoisotopic (exact) mass is 394 g/mol. The van der Waals surface area contributed by atoms with Crippen molar-refractivity contribution in [2.24, 2.45) is 0 Å². The maximum Gasteiger partial charge on any atom is 0.200 e. The van der Waals surface area contributed by atoms with Crippen LogP contribution in [0.5, 0.6) is 0 Å². The first kappa shape index (κ1) is 13.8. The Hall–Kier alpha value is -0.590. The lowest BCUT2D eigenvalue weighted by Gasteiger charge is -2.04. The van der Waals surface area contributed by atoms with Crippen molar-refractivity contribution in [2.45, 2.75) is 6.92 Å². The second-order valence-corrected chi connectivity index (χ2v) is 7.15. The van der Waals surface area contributed by atoms with Gasteiger partial charge in [-0.25, -0.2) is 8.78 Å². The molecule has 94 valence electrons. The van der Waals surface area contributed by atoms with E-state index in [0.717, 1.165) is 15.9 Å². The summed E-state index contributed by atoms with van der Waals surface area (Å²) in [4.78, 5) is 12.8. The van der Waals surface area contributed by atoms with E-state index in [1.54, 1.807) is 13.0 Å². The van der Waals surface area contributed by atoms with Gasteiger partial charge in [-0.05, 0) is 41.1 Å². The fourth-order valence-corrected chi connectivity index (χ4v) is 3.66. The first-order valence-electron chi connectivity index (χ1n) is 4.85. The van der Waals surface area contributed by atoms with Gasteiger partial charge in [0.05, 0.1) is 9.35 Å². The number of benzene rings is 1. The Morgan fingerprint density at radius 2 is 1.72 bits per heavy atom. The summed E-state index contributed by atoms with van der Waals surface area (Å²) in [6.45, 7) is 1.73. The van der Waals surface area contributed by atoms with Gasteiger partial charge in [-0.1, -0.05) is 15.9 Å². The van der Waals surface area contributed by atoms with Gasteiger partial charge < -0.3 is 0 Å². The van der Waals surface area contributed by atoms with E-state index in [1.807, 2.05) is 0 Å². The van der Waals surface area contributed by atoms with E-state index < -0.39 is 23.0 Å². The summed E-state index contributed by atoms with van der Waals surface area (Å²) in [5, 5.41) is 0. The Balaban J connectivity index is 2.56. The van der Waals surface area contributed by atoms with Gasteiger partial charge in [0.1, 0.15) is 11.6 Å². The second kappa shape index (κ2) is 5.19. The van der Waals surface area contributed by atoms with Gasteiger partial charge in [0, 0.05) is 14.9 Å². The molecule has 0 aliphatic rings. The van der Waals surface area contributed by atoms with Gasteiger partial charge in [0.25, 0.3) is 0 Å². The van der Waals surface area contributed by atoms with Gasteiger partial charge in [0.15, 0.2) is 5.78 Å². The van der Waals surface area contributed by atoms with Crippen LogP contribution in [0.3, 0.4) is 0 Å². The topological polar surface area (TPSA) is 17.1 Å². The smallest absolute Gasteiger partial charge is 0.200 e. The summed E-state index contributed by atoms with van der Waals surface area (Å²) in [5.41, 5.74) is -0.210. The van der Waals surface area contributed by atoms with Crippen molar-refractivity contribution in [3.63, 3.8) is 0 Å². The third-order valence-corrected chi connectivity index (χ3v) is 4.38. The van der Waals surface area contributed by atoms with Gasteiger partial charge in [-0.3, -0.25) is 4.79 Å². The maximum absolute atomic E-state index is 13.7. The van der Waals surface area contributed by atoms with Crippen molar-refractivity contribution in [1.82, 2.24) is 0 Å². The molecule has 0 amide bonds. The Bertz CT molecular complexity index is 614. The number of ketones is 1. The van der Waals surface area contributed by atoms with Crippen LogP contribution >= 0.6 is 43.2 Å². The number of hydrogen-bond acceptors (Lipinski definition) is 2. The van der Waals surface area contributed by atoms with Crippen LogP contribution in [0.1, 0.15) is 20.8 Å². The van der Waals surface area contributed by atoms with Crippen LogP contribution in [0.25, 0.3) is 0 Å². The van der Waals surface area contributed by atoms with Crippen molar-refractivity contribution in [3.05, 3.63) is 54.1 Å². The molecule has 0 radical (unpaired) electrons. The van der Waals surface area contributed by atoms with E-state index in [2.05, 4.69) is 31.9 Å². The molecule has 1 nitrogen and oxygen atoms in total. The van der Waals surface area contributed by atoms with Crippen LogP contribution in [0, 0.1) is 18.6 Å². The molecule has 0 N–H and O–H groups in total. The van der Waals surface area contributed by atoms with Gasteiger partial charge >= 0.3 is 0 Å². The van der Waals surface area contributed by atoms with E-state index in [4.69, 9.17) is 0 Å². The minimum absolute atomic E-state index is 0.261. The predicted octanol–water partition coefficient (Wildman–Crippen LogP) is 5.09. The highest BCUT2D eigenvalue weighted by molar-refractivity contribution is 9.11. The molecule has 0 fully saturated rings. The van der Waals surface area contributed by atoms with Gasteiger partial charge in [-0.15, -0.1) is 11.3 Å². The lowest BCUT2D eigenvalue weighted by atomic mass is 10.0. The van der Waals surface area contributed by atoms with Crippen molar-refractivity contribution in [2.75, 3.05) is 0 Å². The lowest BCUT2D eigenvalue weighted by Crippen LogP contribution is -2.07. The summed E-state index contributed by atoms with van der Waals surface area (Å²) >= 11 is 7.57. The van der Waals surface area contributed by atoms with Crippen molar-refractivity contribution in [3.8, 4) is 0 Å². The Morgan fingerprint density at radius 1 is 1.17 bits per heavy atom. The van der Waals surface area contributed by atoms with Crippen LogP contribution < -0.4 is 0 Å². The second-order valence-electron chi connectivity index (χ2n) is 3.59. The number of thiophene rings is 1. The third kappa shape index (κ3) is 2.55. The summed E-state index contributed by atoms with van der Waals surface area (Å²) in [7, 11) is 0. The van der Waals surface area contributed by atoms with E-state index in [9.17, 15) is 13.6 Å². The fraction of sp³-hybridized carbons (Fsp3) is 0.0833. The number of carbonyl (C=O) groups excluding carboxylic acids is 1. The normalized spacial score (nSPS) is 10.7. The average Bonchev–Trinajstić information content (AvgIpc) is 2.56. The van der Waals surface area contributed by atoms with Crippen molar-refractivity contribution >= 4 is 49.0 Å². The minimum atomic E-state index is -0.867. The minimum Gasteiger partial charge on any atom is -0.288 e. The number of aryl methyl sites for hydroxylation is 1. The predicted molar refractivity (Wildman–Crippen MR) is 74.2 cm³/mol. The SMILES string of the molecule is Cc1sc(Br)cc1C(=O)c1c(F)cc(Br)cc1F. The zero-order chi connectivity index (χ0) is 13.4. The number of halogens is 4. The molecule has 0 saturated heterocycles. The Kier molecular flexibility index (Phi) is 3.99. The number of rotatable bonds is 2. The van der Waals surface area contributed by atoms with E-state index in [-0.39, 0.29) is 4.47 Å². The molecule has 0 atom stereocenters. The van der Waals surface area contributed by atoms with Crippen LogP contribution in [0.4, 0.5) is 8.78 Å². The molecular formula is C12H6Br2F2OS. The van der Waals surface area contributed by atoms with E-state index >= 15 is 0 Å². The lowest BCUT2D eigenvalue weighted by molar-refractivity contribution is 0.103. The van der Waals surface area contributed by atoms with Crippen LogP contribution in [0.15, 0.2) is 26.5 Å². The molecule has 0 aliphatic carbocycles. The van der Waals surface area contributed by atoms with E-state index in [1.165, 1.54) is 11.3 Å². The third-order valence-electron chi connectivity index (χ3n) is 2.37. The van der Waals surface area contributed by atoms with Crippen molar-refractivity contribution in [1.29, 1.82) is 0 Å². The standard InChI is InChI=1S/C12H6Br2F2OS/c1-5-7(4-10(14)18-5)12(17)11-8(15)2-6(13)3-9(11)16/h2-4H,1H3. The molecule has 0 spiro atoms. The van der Waals surface area contributed by atoms with E-state index in [0.29, 0.717) is 10.4 Å². The molecule has 2 aromatic rings.